The molecule has 0 saturated carbocycles. The summed E-state index contributed by atoms with van der Waals surface area (Å²) in [6.45, 7) is 7.96. The largest absolute Gasteiger partial charge is 0.333 e. The van der Waals surface area contributed by atoms with Gasteiger partial charge < -0.3 is 10.2 Å². The molecule has 24 heavy (non-hydrogen) atoms. The number of nitrogens with one attached hydrogen (secondary N) is 2. The van der Waals surface area contributed by atoms with Crippen LogP contribution in [-0.4, -0.2) is 50.9 Å². The predicted octanol–water partition coefficient (Wildman–Crippen LogP) is 1.62. The molecule has 1 amide bonds. The molecule has 1 heterocycles. The zero-order chi connectivity index (χ0) is 17.0. The molecule has 8 heteroatoms. The van der Waals surface area contributed by atoms with Crippen LogP contribution in [0.3, 0.4) is 0 Å². The minimum atomic E-state index is -3.53. The Morgan fingerprint density at radius 1 is 1.38 bits per heavy atom. The Bertz CT molecular complexity index is 649. The average molecular weight is 376 g/mol. The van der Waals surface area contributed by atoms with Crippen molar-refractivity contribution in [3.63, 3.8) is 0 Å². The molecule has 2 N–H and O–H groups in total. The summed E-state index contributed by atoms with van der Waals surface area (Å²) in [5, 5.41) is 3.24. The summed E-state index contributed by atoms with van der Waals surface area (Å²) in [6, 6.07) is 6.16. The van der Waals surface area contributed by atoms with Crippen molar-refractivity contribution >= 4 is 28.3 Å². The van der Waals surface area contributed by atoms with Gasteiger partial charge in [0.25, 0.3) is 5.91 Å². The van der Waals surface area contributed by atoms with Crippen LogP contribution in [0.1, 0.15) is 37.6 Å². The van der Waals surface area contributed by atoms with Crippen molar-refractivity contribution in [3.05, 3.63) is 29.8 Å². The maximum Gasteiger partial charge on any atom is 0.254 e. The summed E-state index contributed by atoms with van der Waals surface area (Å²) >= 11 is 0. The van der Waals surface area contributed by atoms with E-state index >= 15 is 0 Å². The normalized spacial score (nSPS) is 19.5. The third-order valence-corrected chi connectivity index (χ3v) is 5.75. The summed E-state index contributed by atoms with van der Waals surface area (Å²) in [4.78, 5) is 14.5. The lowest BCUT2D eigenvalue weighted by molar-refractivity contribution is 0.0655. The summed E-state index contributed by atoms with van der Waals surface area (Å²) in [6.07, 6.45) is 0.719. The summed E-state index contributed by atoms with van der Waals surface area (Å²) in [7, 11) is -3.53. The highest BCUT2D eigenvalue weighted by Crippen LogP contribution is 2.15. The lowest BCUT2D eigenvalue weighted by Gasteiger charge is -2.34. The molecule has 0 radical (unpaired) electrons. The van der Waals surface area contributed by atoms with Crippen LogP contribution in [0, 0.1) is 0 Å². The minimum Gasteiger partial charge on any atom is -0.333 e. The number of sulfonamides is 1. The van der Waals surface area contributed by atoms with E-state index in [1.807, 2.05) is 25.7 Å². The maximum atomic E-state index is 12.5. The molecule has 0 bridgehead atoms. The van der Waals surface area contributed by atoms with Gasteiger partial charge in [-0.15, -0.1) is 12.4 Å². The Morgan fingerprint density at radius 3 is 2.54 bits per heavy atom. The van der Waals surface area contributed by atoms with Crippen molar-refractivity contribution in [2.45, 2.75) is 44.2 Å². The SMILES string of the molecule is CCC(C)NS(=O)(=O)c1ccc(C(=O)N2CCNC[C@H]2C)cc1.Cl. The van der Waals surface area contributed by atoms with Crippen molar-refractivity contribution in [3.8, 4) is 0 Å². The van der Waals surface area contributed by atoms with Crippen molar-refractivity contribution in [2.75, 3.05) is 19.6 Å². The fraction of sp³-hybridized carbons (Fsp3) is 0.562. The van der Waals surface area contributed by atoms with E-state index < -0.39 is 10.0 Å². The van der Waals surface area contributed by atoms with Crippen LogP contribution >= 0.6 is 12.4 Å². The molecule has 1 fully saturated rings. The second kappa shape index (κ2) is 8.80. The Morgan fingerprint density at radius 2 is 2.00 bits per heavy atom. The number of piperazine rings is 1. The van der Waals surface area contributed by atoms with Gasteiger partial charge in [-0.05, 0) is 44.5 Å². The summed E-state index contributed by atoms with van der Waals surface area (Å²) < 4.78 is 27.1. The smallest absolute Gasteiger partial charge is 0.254 e. The fourth-order valence-corrected chi connectivity index (χ4v) is 3.83. The molecule has 1 saturated heterocycles. The van der Waals surface area contributed by atoms with Crippen molar-refractivity contribution < 1.29 is 13.2 Å². The van der Waals surface area contributed by atoms with Gasteiger partial charge in [0, 0.05) is 37.3 Å². The molecule has 1 aromatic rings. The Hall–Kier alpha value is -1.15. The lowest BCUT2D eigenvalue weighted by atomic mass is 10.1. The highest BCUT2D eigenvalue weighted by molar-refractivity contribution is 7.89. The summed E-state index contributed by atoms with van der Waals surface area (Å²) in [5.74, 6) is -0.0576. The molecular weight excluding hydrogens is 350 g/mol. The number of rotatable bonds is 5. The number of hydrogen-bond donors (Lipinski definition) is 2. The van der Waals surface area contributed by atoms with Gasteiger partial charge >= 0.3 is 0 Å². The number of benzene rings is 1. The number of nitrogens with zero attached hydrogens (tertiary/aromatic N) is 1. The van der Waals surface area contributed by atoms with E-state index in [9.17, 15) is 13.2 Å². The minimum absolute atomic E-state index is 0. The van der Waals surface area contributed by atoms with E-state index in [-0.39, 0.29) is 35.3 Å². The van der Waals surface area contributed by atoms with Crippen LogP contribution in [0.5, 0.6) is 0 Å². The van der Waals surface area contributed by atoms with Gasteiger partial charge in [-0.2, -0.15) is 0 Å². The number of carbonyl (C=O) groups is 1. The third-order valence-electron chi connectivity index (χ3n) is 4.14. The first-order valence-electron chi connectivity index (χ1n) is 7.99. The zero-order valence-corrected chi connectivity index (χ0v) is 15.9. The summed E-state index contributed by atoms with van der Waals surface area (Å²) in [5.41, 5.74) is 0.515. The van der Waals surface area contributed by atoms with Crippen LogP contribution in [-0.2, 0) is 10.0 Å². The van der Waals surface area contributed by atoms with Gasteiger partial charge in [-0.1, -0.05) is 6.92 Å². The monoisotopic (exact) mass is 375 g/mol. The topological polar surface area (TPSA) is 78.5 Å². The average Bonchev–Trinajstić information content (AvgIpc) is 2.54. The molecule has 1 aromatic carbocycles. The number of amides is 1. The van der Waals surface area contributed by atoms with E-state index in [0.29, 0.717) is 12.1 Å². The van der Waals surface area contributed by atoms with Gasteiger partial charge in [0.1, 0.15) is 0 Å². The molecule has 2 atom stereocenters. The molecule has 0 aromatic heterocycles. The zero-order valence-electron chi connectivity index (χ0n) is 14.3. The number of hydrogen-bond acceptors (Lipinski definition) is 4. The molecular formula is C16H26ClN3O3S. The van der Waals surface area contributed by atoms with Gasteiger partial charge in [-0.25, -0.2) is 13.1 Å². The molecule has 1 unspecified atom stereocenters. The highest BCUT2D eigenvalue weighted by Gasteiger charge is 2.24. The Balaban J connectivity index is 0.00000288. The van der Waals surface area contributed by atoms with Crippen LogP contribution in [0.25, 0.3) is 0 Å². The first-order valence-corrected chi connectivity index (χ1v) is 9.47. The van der Waals surface area contributed by atoms with E-state index in [1.165, 1.54) is 12.1 Å². The second-order valence-corrected chi connectivity index (χ2v) is 7.72. The van der Waals surface area contributed by atoms with Crippen molar-refractivity contribution in [2.24, 2.45) is 0 Å². The van der Waals surface area contributed by atoms with E-state index in [4.69, 9.17) is 0 Å². The van der Waals surface area contributed by atoms with E-state index in [2.05, 4.69) is 10.0 Å². The molecule has 0 aliphatic carbocycles. The lowest BCUT2D eigenvalue weighted by Crippen LogP contribution is -2.52. The predicted molar refractivity (Wildman–Crippen MR) is 97.1 cm³/mol. The Kier molecular flexibility index (Phi) is 7.66. The van der Waals surface area contributed by atoms with Crippen LogP contribution in [0.15, 0.2) is 29.2 Å². The molecule has 0 spiro atoms. The van der Waals surface area contributed by atoms with Crippen LogP contribution in [0.2, 0.25) is 0 Å². The Labute approximate surface area is 150 Å². The number of halogens is 1. The van der Waals surface area contributed by atoms with Gasteiger partial charge in [0.15, 0.2) is 0 Å². The van der Waals surface area contributed by atoms with Crippen LogP contribution < -0.4 is 10.0 Å². The molecule has 1 aliphatic rings. The van der Waals surface area contributed by atoms with Crippen molar-refractivity contribution in [1.82, 2.24) is 14.9 Å². The molecule has 136 valence electrons. The highest BCUT2D eigenvalue weighted by atomic mass is 35.5. The van der Waals surface area contributed by atoms with Crippen molar-refractivity contribution in [1.29, 1.82) is 0 Å². The quantitative estimate of drug-likeness (QED) is 0.819. The molecule has 1 aliphatic heterocycles. The van der Waals surface area contributed by atoms with E-state index in [0.717, 1.165) is 19.5 Å². The van der Waals surface area contributed by atoms with E-state index in [1.54, 1.807) is 12.1 Å². The number of carbonyl (C=O) groups excluding carboxylic acids is 1. The maximum absolute atomic E-state index is 12.5. The molecule has 2 rings (SSSR count). The van der Waals surface area contributed by atoms with Gasteiger partial charge in [0.2, 0.25) is 10.0 Å². The third kappa shape index (κ3) is 4.92. The first-order chi connectivity index (χ1) is 10.8. The van der Waals surface area contributed by atoms with Crippen LogP contribution in [0.4, 0.5) is 0 Å². The fourth-order valence-electron chi connectivity index (χ4n) is 2.50. The first kappa shape index (κ1) is 20.9. The molecule has 6 nitrogen and oxygen atoms in total. The second-order valence-electron chi connectivity index (χ2n) is 6.01. The van der Waals surface area contributed by atoms with Gasteiger partial charge in [-0.3, -0.25) is 4.79 Å². The van der Waals surface area contributed by atoms with Gasteiger partial charge in [0.05, 0.1) is 4.90 Å². The standard InChI is InChI=1S/C16H25N3O3S.ClH/c1-4-12(2)18-23(21,22)15-7-5-14(6-8-15)16(20)19-10-9-17-11-13(19)3;/h5-8,12-13,17-18H,4,9-11H2,1-3H3;1H/t12?,13-;/m1./s1.